The van der Waals surface area contributed by atoms with Crippen molar-refractivity contribution in [2.75, 3.05) is 6.54 Å². The third-order valence-electron chi connectivity index (χ3n) is 2.88. The molecule has 2 aromatic carbocycles. The molecule has 0 radical (unpaired) electrons. The molecule has 0 aliphatic heterocycles. The summed E-state index contributed by atoms with van der Waals surface area (Å²) in [6, 6.07) is 8.88. The molecule has 0 saturated carbocycles. The third-order valence-corrected chi connectivity index (χ3v) is 2.88. The highest BCUT2D eigenvalue weighted by Gasteiger charge is 2.06. The fraction of sp³-hybridized carbons (Fsp3) is 0.250. The van der Waals surface area contributed by atoms with Crippen molar-refractivity contribution in [1.82, 2.24) is 5.32 Å². The number of hydrogen-bond acceptors (Lipinski definition) is 2. The Hall–Kier alpha value is -1.94. The number of rotatable bonds is 5. The first-order valence-electron chi connectivity index (χ1n) is 6.52. The smallest absolute Gasteiger partial charge is 0.133 e. The van der Waals surface area contributed by atoms with Crippen LogP contribution in [0.2, 0.25) is 0 Å². The molecule has 0 spiro atoms. The lowest BCUT2D eigenvalue weighted by atomic mass is 10.1. The lowest BCUT2D eigenvalue weighted by Crippen LogP contribution is -2.11. The van der Waals surface area contributed by atoms with E-state index < -0.39 is 11.6 Å². The van der Waals surface area contributed by atoms with Gasteiger partial charge in [0.05, 0.1) is 0 Å². The molecule has 0 fully saturated rings. The van der Waals surface area contributed by atoms with Crippen LogP contribution in [-0.2, 0) is 6.54 Å². The van der Waals surface area contributed by atoms with Crippen LogP contribution in [0.1, 0.15) is 18.1 Å². The first-order valence-corrected chi connectivity index (χ1v) is 6.52. The van der Waals surface area contributed by atoms with Crippen molar-refractivity contribution < 1.29 is 13.5 Å². The Kier molecular flexibility index (Phi) is 4.69. The van der Waals surface area contributed by atoms with E-state index in [0.29, 0.717) is 5.75 Å². The second-order valence-electron chi connectivity index (χ2n) is 4.59. The Morgan fingerprint density at radius 2 is 1.75 bits per heavy atom. The molecular weight excluding hydrogens is 260 g/mol. The van der Waals surface area contributed by atoms with Gasteiger partial charge in [-0.15, -0.1) is 0 Å². The molecule has 0 atom stereocenters. The van der Waals surface area contributed by atoms with E-state index in [9.17, 15) is 8.78 Å². The van der Waals surface area contributed by atoms with E-state index in [1.165, 1.54) is 0 Å². The molecule has 0 bridgehead atoms. The molecule has 0 heterocycles. The summed E-state index contributed by atoms with van der Waals surface area (Å²) >= 11 is 0. The predicted octanol–water partition coefficient (Wildman–Crippen LogP) is 4.18. The van der Waals surface area contributed by atoms with Crippen molar-refractivity contribution >= 4 is 0 Å². The van der Waals surface area contributed by atoms with Crippen molar-refractivity contribution in [3.8, 4) is 11.5 Å². The zero-order valence-electron chi connectivity index (χ0n) is 11.5. The number of hydrogen-bond donors (Lipinski definition) is 1. The van der Waals surface area contributed by atoms with Crippen molar-refractivity contribution in [2.24, 2.45) is 0 Å². The summed E-state index contributed by atoms with van der Waals surface area (Å²) in [5.41, 5.74) is 2.06. The van der Waals surface area contributed by atoms with Crippen molar-refractivity contribution in [1.29, 1.82) is 0 Å². The van der Waals surface area contributed by atoms with Gasteiger partial charge in [0.1, 0.15) is 23.1 Å². The van der Waals surface area contributed by atoms with Crippen LogP contribution >= 0.6 is 0 Å². The first-order chi connectivity index (χ1) is 9.58. The Morgan fingerprint density at radius 3 is 2.35 bits per heavy atom. The summed E-state index contributed by atoms with van der Waals surface area (Å²) in [5, 5.41) is 3.24. The van der Waals surface area contributed by atoms with Gasteiger partial charge in [-0.05, 0) is 30.7 Å². The van der Waals surface area contributed by atoms with Crippen LogP contribution in [0.3, 0.4) is 0 Å². The Labute approximate surface area is 117 Å². The standard InChI is InChI=1S/C16H17F2NO/c1-3-19-10-12-4-5-16(11(2)6-12)20-15-8-13(17)7-14(18)9-15/h4-9,19H,3,10H2,1-2H3. The average Bonchev–Trinajstić information content (AvgIpc) is 2.38. The monoisotopic (exact) mass is 277 g/mol. The summed E-state index contributed by atoms with van der Waals surface area (Å²) in [4.78, 5) is 0. The molecule has 4 heteroatoms. The predicted molar refractivity (Wildman–Crippen MR) is 75.0 cm³/mol. The van der Waals surface area contributed by atoms with Gasteiger partial charge in [-0.2, -0.15) is 0 Å². The van der Waals surface area contributed by atoms with Crippen molar-refractivity contribution in [2.45, 2.75) is 20.4 Å². The van der Waals surface area contributed by atoms with E-state index in [4.69, 9.17) is 4.74 Å². The highest BCUT2D eigenvalue weighted by Crippen LogP contribution is 2.27. The molecule has 1 N–H and O–H groups in total. The number of nitrogens with one attached hydrogen (secondary N) is 1. The van der Waals surface area contributed by atoms with E-state index in [0.717, 1.165) is 42.4 Å². The highest BCUT2D eigenvalue weighted by molar-refractivity contribution is 5.39. The fourth-order valence-corrected chi connectivity index (χ4v) is 1.92. The molecule has 2 nitrogen and oxygen atoms in total. The van der Waals surface area contributed by atoms with Gasteiger partial charge in [-0.25, -0.2) is 8.78 Å². The van der Waals surface area contributed by atoms with Crippen LogP contribution < -0.4 is 10.1 Å². The van der Waals surface area contributed by atoms with Crippen LogP contribution in [0.4, 0.5) is 8.78 Å². The van der Waals surface area contributed by atoms with E-state index in [2.05, 4.69) is 5.32 Å². The first kappa shape index (κ1) is 14.5. The average molecular weight is 277 g/mol. The lowest BCUT2D eigenvalue weighted by Gasteiger charge is -2.11. The molecule has 0 unspecified atom stereocenters. The largest absolute Gasteiger partial charge is 0.457 e. The van der Waals surface area contributed by atoms with Gasteiger partial charge in [0.2, 0.25) is 0 Å². The maximum atomic E-state index is 13.1. The van der Waals surface area contributed by atoms with Gasteiger partial charge in [-0.1, -0.05) is 19.1 Å². The number of benzene rings is 2. The quantitative estimate of drug-likeness (QED) is 0.885. The second-order valence-corrected chi connectivity index (χ2v) is 4.59. The van der Waals surface area contributed by atoms with Crippen LogP contribution in [-0.4, -0.2) is 6.54 Å². The van der Waals surface area contributed by atoms with E-state index in [1.54, 1.807) is 0 Å². The molecule has 2 rings (SSSR count). The third kappa shape index (κ3) is 3.78. The number of ether oxygens (including phenoxy) is 1. The Bertz CT molecular complexity index is 579. The van der Waals surface area contributed by atoms with Crippen LogP contribution in [0.15, 0.2) is 36.4 Å². The molecule has 0 amide bonds. The number of aryl methyl sites for hydroxylation is 1. The van der Waals surface area contributed by atoms with Crippen LogP contribution in [0.5, 0.6) is 11.5 Å². The minimum atomic E-state index is -0.651. The summed E-state index contributed by atoms with van der Waals surface area (Å²) < 4.78 is 31.7. The van der Waals surface area contributed by atoms with Gasteiger partial charge in [0, 0.05) is 24.7 Å². The molecule has 0 aromatic heterocycles. The molecular formula is C16H17F2NO. The zero-order chi connectivity index (χ0) is 14.5. The second kappa shape index (κ2) is 6.48. The van der Waals surface area contributed by atoms with Gasteiger partial charge in [-0.3, -0.25) is 0 Å². The maximum absolute atomic E-state index is 13.1. The normalized spacial score (nSPS) is 10.6. The molecule has 0 saturated heterocycles. The number of halogens is 2. The van der Waals surface area contributed by atoms with E-state index in [-0.39, 0.29) is 5.75 Å². The van der Waals surface area contributed by atoms with Gasteiger partial charge >= 0.3 is 0 Å². The highest BCUT2D eigenvalue weighted by atomic mass is 19.1. The minimum absolute atomic E-state index is 0.157. The Morgan fingerprint density at radius 1 is 1.05 bits per heavy atom. The van der Waals surface area contributed by atoms with Gasteiger partial charge < -0.3 is 10.1 Å². The molecule has 2 aromatic rings. The minimum Gasteiger partial charge on any atom is -0.457 e. The van der Waals surface area contributed by atoms with Crippen LogP contribution in [0.25, 0.3) is 0 Å². The van der Waals surface area contributed by atoms with Crippen molar-refractivity contribution in [3.63, 3.8) is 0 Å². The van der Waals surface area contributed by atoms with E-state index >= 15 is 0 Å². The Balaban J connectivity index is 2.16. The van der Waals surface area contributed by atoms with Crippen molar-refractivity contribution in [3.05, 3.63) is 59.2 Å². The van der Waals surface area contributed by atoms with Gasteiger partial charge in [0.15, 0.2) is 0 Å². The lowest BCUT2D eigenvalue weighted by molar-refractivity contribution is 0.465. The summed E-state index contributed by atoms with van der Waals surface area (Å²) in [6.07, 6.45) is 0. The molecule has 0 aliphatic rings. The van der Waals surface area contributed by atoms with E-state index in [1.807, 2.05) is 32.0 Å². The van der Waals surface area contributed by atoms with Crippen LogP contribution in [0, 0.1) is 18.6 Å². The topological polar surface area (TPSA) is 21.3 Å². The van der Waals surface area contributed by atoms with Gasteiger partial charge in [0.25, 0.3) is 0 Å². The summed E-state index contributed by atoms with van der Waals surface area (Å²) in [6.45, 7) is 5.63. The fourth-order valence-electron chi connectivity index (χ4n) is 1.92. The molecule has 20 heavy (non-hydrogen) atoms. The summed E-state index contributed by atoms with van der Waals surface area (Å²) in [5.74, 6) is -0.553. The molecule has 106 valence electrons. The SMILES string of the molecule is CCNCc1ccc(Oc2cc(F)cc(F)c2)c(C)c1. The molecule has 0 aliphatic carbocycles. The zero-order valence-corrected chi connectivity index (χ0v) is 11.5. The summed E-state index contributed by atoms with van der Waals surface area (Å²) in [7, 11) is 0. The maximum Gasteiger partial charge on any atom is 0.133 e.